The fourth-order valence-electron chi connectivity index (χ4n) is 2.62. The van der Waals surface area contributed by atoms with Gasteiger partial charge in [-0.1, -0.05) is 58.4 Å². The van der Waals surface area contributed by atoms with Crippen LogP contribution in [0, 0.1) is 0 Å². The molecule has 28 heavy (non-hydrogen) atoms. The number of ether oxygens (including phenoxy) is 1. The second kappa shape index (κ2) is 9.23. The Labute approximate surface area is 171 Å². The minimum absolute atomic E-state index is 0.0207. The lowest BCUT2D eigenvalue weighted by Gasteiger charge is -2.18. The van der Waals surface area contributed by atoms with E-state index in [4.69, 9.17) is 4.74 Å². The third kappa shape index (κ3) is 5.01. The van der Waals surface area contributed by atoms with E-state index in [2.05, 4.69) is 31.2 Å². The lowest BCUT2D eigenvalue weighted by molar-refractivity contribution is -0.141. The summed E-state index contributed by atoms with van der Waals surface area (Å²) in [5.41, 5.74) is 1.98. The van der Waals surface area contributed by atoms with Crippen LogP contribution in [-0.4, -0.2) is 29.0 Å². The van der Waals surface area contributed by atoms with Crippen molar-refractivity contribution < 1.29 is 14.3 Å². The predicted octanol–water partition coefficient (Wildman–Crippen LogP) is 3.94. The van der Waals surface area contributed by atoms with Gasteiger partial charge in [0.15, 0.2) is 5.82 Å². The quantitative estimate of drug-likeness (QED) is 0.588. The topological polar surface area (TPSA) is 81.2 Å². The van der Waals surface area contributed by atoms with Gasteiger partial charge in [-0.05, 0) is 17.7 Å². The van der Waals surface area contributed by atoms with E-state index < -0.39 is 12.0 Å². The van der Waals surface area contributed by atoms with E-state index in [1.54, 1.807) is 0 Å². The molecule has 1 N–H and O–H groups in total. The van der Waals surface area contributed by atoms with E-state index in [1.165, 1.54) is 19.5 Å². The molecule has 1 heterocycles. The highest BCUT2D eigenvalue weighted by Crippen LogP contribution is 2.21. The lowest BCUT2D eigenvalue weighted by atomic mass is 10.0. The van der Waals surface area contributed by atoms with Gasteiger partial charge < -0.3 is 10.1 Å². The number of halogens is 1. The average Bonchev–Trinajstić information content (AvgIpc) is 2.74. The number of carbonyl (C=O) groups excluding carboxylic acids is 2. The van der Waals surface area contributed by atoms with Gasteiger partial charge in [0.1, 0.15) is 0 Å². The first kappa shape index (κ1) is 19.7. The van der Waals surface area contributed by atoms with Gasteiger partial charge in [-0.25, -0.2) is 9.97 Å². The molecule has 1 atom stereocenters. The number of amides is 1. The number of aromatic nitrogens is 2. The Bertz CT molecular complexity index is 945. The minimum atomic E-state index is -0.526. The van der Waals surface area contributed by atoms with E-state index in [1.807, 2.05) is 54.6 Å². The molecule has 7 heteroatoms. The van der Waals surface area contributed by atoms with Crippen molar-refractivity contribution in [3.8, 4) is 11.4 Å². The van der Waals surface area contributed by atoms with Crippen LogP contribution in [0.25, 0.3) is 11.4 Å². The second-order valence-corrected chi connectivity index (χ2v) is 6.93. The van der Waals surface area contributed by atoms with E-state index >= 15 is 0 Å². The van der Waals surface area contributed by atoms with Crippen molar-refractivity contribution in [1.29, 1.82) is 0 Å². The van der Waals surface area contributed by atoms with Crippen LogP contribution in [0.1, 0.15) is 28.4 Å². The van der Waals surface area contributed by atoms with Gasteiger partial charge >= 0.3 is 5.97 Å². The van der Waals surface area contributed by atoms with Gasteiger partial charge in [-0.15, -0.1) is 0 Å². The number of rotatable bonds is 6. The Kier molecular flexibility index (Phi) is 6.49. The molecule has 1 unspecified atom stereocenters. The van der Waals surface area contributed by atoms with Crippen LogP contribution in [0.3, 0.4) is 0 Å². The van der Waals surface area contributed by atoms with Gasteiger partial charge in [0.2, 0.25) is 0 Å². The van der Waals surface area contributed by atoms with Crippen molar-refractivity contribution in [2.45, 2.75) is 12.5 Å². The molecule has 1 aromatic heterocycles. The number of benzene rings is 2. The normalized spacial score (nSPS) is 11.5. The standard InChI is InChI=1S/C21H18BrN3O3/c1-28-19(26)11-18(14-7-9-17(22)10-8-14)25-21(27)16-12-23-20(24-13-16)15-5-3-2-4-6-15/h2-10,12-13,18H,11H2,1H3,(H,25,27). The molecule has 0 spiro atoms. The first-order valence-corrected chi connectivity index (χ1v) is 9.36. The maximum absolute atomic E-state index is 12.7. The molecule has 3 rings (SSSR count). The van der Waals surface area contributed by atoms with Gasteiger partial charge in [-0.3, -0.25) is 9.59 Å². The summed E-state index contributed by atoms with van der Waals surface area (Å²) < 4.78 is 5.66. The first-order chi connectivity index (χ1) is 13.6. The lowest BCUT2D eigenvalue weighted by Crippen LogP contribution is -2.30. The van der Waals surface area contributed by atoms with E-state index in [-0.39, 0.29) is 12.3 Å². The molecule has 1 amide bonds. The molecule has 0 aliphatic heterocycles. The Morgan fingerprint density at radius 2 is 1.68 bits per heavy atom. The van der Waals surface area contributed by atoms with Crippen LogP contribution in [0.4, 0.5) is 0 Å². The number of hydrogen-bond donors (Lipinski definition) is 1. The molecule has 2 aromatic carbocycles. The molecule has 3 aromatic rings. The highest BCUT2D eigenvalue weighted by atomic mass is 79.9. The third-order valence-corrected chi connectivity index (χ3v) is 4.65. The third-order valence-electron chi connectivity index (χ3n) is 4.12. The van der Waals surface area contributed by atoms with E-state index in [0.717, 1.165) is 15.6 Å². The number of nitrogens with zero attached hydrogens (tertiary/aromatic N) is 2. The Morgan fingerprint density at radius 3 is 2.29 bits per heavy atom. The maximum atomic E-state index is 12.7. The highest BCUT2D eigenvalue weighted by Gasteiger charge is 2.20. The molecule has 142 valence electrons. The smallest absolute Gasteiger partial charge is 0.307 e. The molecule has 0 aliphatic carbocycles. The molecule has 0 saturated heterocycles. The van der Waals surface area contributed by atoms with Crippen LogP contribution in [-0.2, 0) is 9.53 Å². The SMILES string of the molecule is COC(=O)CC(NC(=O)c1cnc(-c2ccccc2)nc1)c1ccc(Br)cc1. The largest absolute Gasteiger partial charge is 0.469 e. The predicted molar refractivity (Wildman–Crippen MR) is 108 cm³/mol. The molecule has 0 aliphatic rings. The second-order valence-electron chi connectivity index (χ2n) is 6.02. The van der Waals surface area contributed by atoms with Gasteiger partial charge in [0.05, 0.1) is 25.1 Å². The Balaban J connectivity index is 1.77. The molecule has 6 nitrogen and oxygen atoms in total. The van der Waals surface area contributed by atoms with Crippen LogP contribution in [0.5, 0.6) is 0 Å². The summed E-state index contributed by atoms with van der Waals surface area (Å²) in [6.07, 6.45) is 2.97. The van der Waals surface area contributed by atoms with Gasteiger partial charge in [0, 0.05) is 22.4 Å². The van der Waals surface area contributed by atoms with Crippen LogP contribution in [0.15, 0.2) is 71.5 Å². The minimum Gasteiger partial charge on any atom is -0.469 e. The highest BCUT2D eigenvalue weighted by molar-refractivity contribution is 9.10. The number of carbonyl (C=O) groups is 2. The van der Waals surface area contributed by atoms with Crippen molar-refractivity contribution in [3.05, 3.63) is 82.6 Å². The van der Waals surface area contributed by atoms with Crippen LogP contribution >= 0.6 is 15.9 Å². The van der Waals surface area contributed by atoms with Gasteiger partial charge in [0.25, 0.3) is 5.91 Å². The zero-order valence-electron chi connectivity index (χ0n) is 15.1. The Hall–Kier alpha value is -3.06. The fourth-order valence-corrected chi connectivity index (χ4v) is 2.88. The fraction of sp³-hybridized carbons (Fsp3) is 0.143. The van der Waals surface area contributed by atoms with Crippen molar-refractivity contribution in [1.82, 2.24) is 15.3 Å². The van der Waals surface area contributed by atoms with Crippen molar-refractivity contribution in [2.75, 3.05) is 7.11 Å². The summed E-state index contributed by atoms with van der Waals surface area (Å²) in [5.74, 6) is -0.239. The molecule has 0 bridgehead atoms. The number of hydrogen-bond acceptors (Lipinski definition) is 5. The van der Waals surface area contributed by atoms with Gasteiger partial charge in [-0.2, -0.15) is 0 Å². The summed E-state index contributed by atoms with van der Waals surface area (Å²) in [6.45, 7) is 0. The van der Waals surface area contributed by atoms with E-state index in [9.17, 15) is 9.59 Å². The first-order valence-electron chi connectivity index (χ1n) is 8.57. The molecular weight excluding hydrogens is 422 g/mol. The molecule has 0 fully saturated rings. The van der Waals surface area contributed by atoms with Crippen LogP contribution < -0.4 is 5.32 Å². The zero-order chi connectivity index (χ0) is 19.9. The molecule has 0 saturated carbocycles. The summed E-state index contributed by atoms with van der Waals surface area (Å²) in [4.78, 5) is 33.0. The zero-order valence-corrected chi connectivity index (χ0v) is 16.7. The summed E-state index contributed by atoms with van der Waals surface area (Å²) in [7, 11) is 1.32. The van der Waals surface area contributed by atoms with E-state index in [0.29, 0.717) is 11.4 Å². The summed E-state index contributed by atoms with van der Waals surface area (Å²) in [6, 6.07) is 16.4. The summed E-state index contributed by atoms with van der Waals surface area (Å²) >= 11 is 3.38. The van der Waals surface area contributed by atoms with Crippen molar-refractivity contribution in [3.63, 3.8) is 0 Å². The average molecular weight is 440 g/mol. The molecule has 0 radical (unpaired) electrons. The molecular formula is C21H18BrN3O3. The number of methoxy groups -OCH3 is 1. The summed E-state index contributed by atoms with van der Waals surface area (Å²) in [5, 5.41) is 2.86. The maximum Gasteiger partial charge on any atom is 0.307 e. The van der Waals surface area contributed by atoms with Crippen LogP contribution in [0.2, 0.25) is 0 Å². The van der Waals surface area contributed by atoms with Crippen molar-refractivity contribution in [2.24, 2.45) is 0 Å². The number of esters is 1. The Morgan fingerprint density at radius 1 is 1.04 bits per heavy atom. The monoisotopic (exact) mass is 439 g/mol. The van der Waals surface area contributed by atoms with Crippen molar-refractivity contribution >= 4 is 27.8 Å². The number of nitrogens with one attached hydrogen (secondary N) is 1.